The van der Waals surface area contributed by atoms with Gasteiger partial charge in [0.2, 0.25) is 5.91 Å². The van der Waals surface area contributed by atoms with Crippen molar-refractivity contribution in [3.05, 3.63) is 78.7 Å². The molecule has 0 aliphatic carbocycles. The summed E-state index contributed by atoms with van der Waals surface area (Å²) < 4.78 is 7.61. The molecule has 4 aromatic rings. The van der Waals surface area contributed by atoms with Crippen LogP contribution in [0.2, 0.25) is 0 Å². The van der Waals surface area contributed by atoms with Crippen LogP contribution in [0.3, 0.4) is 0 Å². The zero-order valence-electron chi connectivity index (χ0n) is 22.2. The summed E-state index contributed by atoms with van der Waals surface area (Å²) in [6, 6.07) is 13.2. The molecule has 0 saturated carbocycles. The summed E-state index contributed by atoms with van der Waals surface area (Å²) in [5.41, 5.74) is 6.34. The maximum absolute atomic E-state index is 12.1. The van der Waals surface area contributed by atoms with Crippen molar-refractivity contribution in [2.75, 3.05) is 42.3 Å². The van der Waals surface area contributed by atoms with E-state index in [1.165, 1.54) is 12.4 Å². The Balaban J connectivity index is 1.35. The van der Waals surface area contributed by atoms with Gasteiger partial charge in [0, 0.05) is 50.7 Å². The van der Waals surface area contributed by atoms with Crippen LogP contribution < -0.4 is 25.9 Å². The van der Waals surface area contributed by atoms with E-state index in [4.69, 9.17) is 15.1 Å². The minimum absolute atomic E-state index is 0.0442. The number of hydrogen-bond donors (Lipinski definition) is 3. The molecule has 11 heteroatoms. The van der Waals surface area contributed by atoms with Crippen LogP contribution in [0.5, 0.6) is 11.5 Å². The summed E-state index contributed by atoms with van der Waals surface area (Å²) in [6.45, 7) is 9.56. The highest BCUT2D eigenvalue weighted by Gasteiger charge is 2.27. The van der Waals surface area contributed by atoms with Crippen LogP contribution in [0.4, 0.5) is 17.3 Å². The molecule has 1 aliphatic rings. The number of pyridine rings is 2. The van der Waals surface area contributed by atoms with Gasteiger partial charge in [0.05, 0.1) is 5.52 Å². The van der Waals surface area contributed by atoms with Gasteiger partial charge >= 0.3 is 0 Å². The fourth-order valence-electron chi connectivity index (χ4n) is 4.65. The monoisotopic (exact) mass is 525 g/mol. The van der Waals surface area contributed by atoms with Gasteiger partial charge in [-0.15, -0.1) is 0 Å². The van der Waals surface area contributed by atoms with Crippen molar-refractivity contribution in [3.8, 4) is 11.5 Å². The molecule has 1 aromatic carbocycles. The SMILES string of the molecule is C=CC(=O)N1CCN(c2ccc3ncnc(Nc4ccc(Oc5ccn(NC)c(=N)c5)c(C)c4)c3n2)CC1C. The van der Waals surface area contributed by atoms with Crippen molar-refractivity contribution in [1.82, 2.24) is 24.5 Å². The van der Waals surface area contributed by atoms with Crippen LogP contribution in [0.25, 0.3) is 11.0 Å². The number of benzene rings is 1. The van der Waals surface area contributed by atoms with Gasteiger partial charge in [-0.3, -0.25) is 14.9 Å². The Morgan fingerprint density at radius 2 is 2.03 bits per heavy atom. The Labute approximate surface area is 226 Å². The van der Waals surface area contributed by atoms with Gasteiger partial charge in [-0.1, -0.05) is 6.58 Å². The number of amides is 1. The van der Waals surface area contributed by atoms with Crippen LogP contribution in [0.15, 0.2) is 67.6 Å². The number of nitrogens with zero attached hydrogens (tertiary/aromatic N) is 6. The molecule has 11 nitrogen and oxygen atoms in total. The van der Waals surface area contributed by atoms with Crippen molar-refractivity contribution in [1.29, 1.82) is 5.41 Å². The van der Waals surface area contributed by atoms with E-state index in [1.54, 1.807) is 30.1 Å². The van der Waals surface area contributed by atoms with Crippen molar-refractivity contribution >= 4 is 34.3 Å². The maximum Gasteiger partial charge on any atom is 0.246 e. The molecule has 0 radical (unpaired) electrons. The van der Waals surface area contributed by atoms with Gasteiger partial charge in [-0.2, -0.15) is 0 Å². The standard InChI is InChI=1S/C28H31N9O2/c1-5-26(38)36-13-12-35(16-19(36)3)25-9-7-22-27(34-25)28(32-17-31-22)33-20-6-8-23(18(2)14-20)39-21-10-11-37(30-4)24(29)15-21/h5-11,14-15,17,19,29-30H,1,12-13,16H2,2-4H3,(H,31,32,33). The second-order valence-corrected chi connectivity index (χ2v) is 9.34. The fraction of sp³-hybridized carbons (Fsp3) is 0.250. The van der Waals surface area contributed by atoms with Crippen LogP contribution in [-0.4, -0.2) is 63.2 Å². The van der Waals surface area contributed by atoms with Crippen molar-refractivity contribution in [2.24, 2.45) is 0 Å². The second-order valence-electron chi connectivity index (χ2n) is 9.34. The molecular weight excluding hydrogens is 494 g/mol. The molecule has 1 unspecified atom stereocenters. The van der Waals surface area contributed by atoms with Gasteiger partial charge in [-0.05, 0) is 61.9 Å². The van der Waals surface area contributed by atoms with E-state index < -0.39 is 0 Å². The second kappa shape index (κ2) is 10.8. The molecule has 0 spiro atoms. The molecule has 39 heavy (non-hydrogen) atoms. The van der Waals surface area contributed by atoms with Gasteiger partial charge < -0.3 is 25.3 Å². The third-order valence-corrected chi connectivity index (χ3v) is 6.71. The van der Waals surface area contributed by atoms with Gasteiger partial charge in [-0.25, -0.2) is 15.0 Å². The Hall–Kier alpha value is -4.93. The number of carbonyl (C=O) groups excluding carboxylic acids is 1. The normalized spacial score (nSPS) is 15.2. The number of nitrogens with one attached hydrogen (secondary N) is 3. The van der Waals surface area contributed by atoms with E-state index in [2.05, 4.69) is 32.2 Å². The van der Waals surface area contributed by atoms with Crippen LogP contribution in [-0.2, 0) is 4.79 Å². The molecule has 1 fully saturated rings. The Kier molecular flexibility index (Phi) is 7.13. The Morgan fingerprint density at radius 3 is 2.74 bits per heavy atom. The fourth-order valence-corrected chi connectivity index (χ4v) is 4.65. The van der Waals surface area contributed by atoms with Gasteiger partial charge in [0.15, 0.2) is 5.82 Å². The highest BCUT2D eigenvalue weighted by molar-refractivity contribution is 5.89. The predicted molar refractivity (Wildman–Crippen MR) is 151 cm³/mol. The van der Waals surface area contributed by atoms with Gasteiger partial charge in [0.25, 0.3) is 0 Å². The molecule has 1 aliphatic heterocycles. The lowest BCUT2D eigenvalue weighted by atomic mass is 10.2. The smallest absolute Gasteiger partial charge is 0.246 e. The first-order valence-electron chi connectivity index (χ1n) is 12.7. The topological polar surface area (TPSA) is 124 Å². The summed E-state index contributed by atoms with van der Waals surface area (Å²) in [4.78, 5) is 29.9. The number of piperazine rings is 1. The number of carbonyl (C=O) groups is 1. The average Bonchev–Trinajstić information content (AvgIpc) is 2.94. The first-order chi connectivity index (χ1) is 18.9. The number of rotatable bonds is 7. The van der Waals surface area contributed by atoms with E-state index in [-0.39, 0.29) is 17.4 Å². The summed E-state index contributed by atoms with van der Waals surface area (Å²) in [7, 11) is 1.75. The van der Waals surface area contributed by atoms with E-state index in [0.29, 0.717) is 42.5 Å². The number of ether oxygens (including phenoxy) is 1. The lowest BCUT2D eigenvalue weighted by Crippen LogP contribution is -2.53. The lowest BCUT2D eigenvalue weighted by Gasteiger charge is -2.40. The minimum atomic E-state index is -0.0490. The van der Waals surface area contributed by atoms with Crippen molar-refractivity contribution < 1.29 is 9.53 Å². The van der Waals surface area contributed by atoms with Crippen LogP contribution in [0, 0.1) is 12.3 Å². The average molecular weight is 526 g/mol. The lowest BCUT2D eigenvalue weighted by molar-refractivity contribution is -0.128. The quantitative estimate of drug-likeness (QED) is 0.313. The van der Waals surface area contributed by atoms with E-state index in [9.17, 15) is 4.79 Å². The molecule has 1 saturated heterocycles. The maximum atomic E-state index is 12.1. The molecule has 3 aromatic heterocycles. The minimum Gasteiger partial charge on any atom is -0.457 e. The number of anilines is 3. The molecule has 1 atom stereocenters. The molecule has 5 rings (SSSR count). The summed E-state index contributed by atoms with van der Waals surface area (Å²) in [6.07, 6.45) is 4.62. The third-order valence-electron chi connectivity index (χ3n) is 6.71. The number of aryl methyl sites for hydroxylation is 1. The first kappa shape index (κ1) is 25.7. The Morgan fingerprint density at radius 1 is 1.18 bits per heavy atom. The molecular formula is C28H31N9O2. The van der Waals surface area contributed by atoms with Crippen LogP contribution in [0.1, 0.15) is 12.5 Å². The zero-order chi connectivity index (χ0) is 27.5. The molecule has 0 bridgehead atoms. The first-order valence-corrected chi connectivity index (χ1v) is 12.7. The molecule has 4 heterocycles. The molecule has 200 valence electrons. The van der Waals surface area contributed by atoms with E-state index in [1.807, 2.05) is 49.1 Å². The predicted octanol–water partition coefficient (Wildman–Crippen LogP) is 3.55. The molecule has 3 N–H and O–H groups in total. The summed E-state index contributed by atoms with van der Waals surface area (Å²) in [5, 5.41) is 11.4. The number of fused-ring (bicyclic) bond motifs is 1. The summed E-state index contributed by atoms with van der Waals surface area (Å²) >= 11 is 0. The van der Waals surface area contributed by atoms with E-state index in [0.717, 1.165) is 22.6 Å². The highest BCUT2D eigenvalue weighted by atomic mass is 16.5. The Bertz CT molecular complexity index is 1600. The molecule has 1 amide bonds. The van der Waals surface area contributed by atoms with Crippen molar-refractivity contribution in [2.45, 2.75) is 19.9 Å². The summed E-state index contributed by atoms with van der Waals surface area (Å²) in [5.74, 6) is 2.64. The van der Waals surface area contributed by atoms with Gasteiger partial charge in [0.1, 0.15) is 34.6 Å². The third kappa shape index (κ3) is 5.37. The zero-order valence-corrected chi connectivity index (χ0v) is 22.2. The number of aromatic nitrogens is 4. The van der Waals surface area contributed by atoms with E-state index >= 15 is 0 Å². The highest BCUT2D eigenvalue weighted by Crippen LogP contribution is 2.30. The number of hydrogen-bond acceptors (Lipinski definition) is 9. The van der Waals surface area contributed by atoms with Crippen LogP contribution >= 0.6 is 0 Å². The van der Waals surface area contributed by atoms with Crippen molar-refractivity contribution in [3.63, 3.8) is 0 Å². The largest absolute Gasteiger partial charge is 0.457 e.